The number of carbonyl (C=O) groups excluding carboxylic acids is 1. The fraction of sp³-hybridized carbons (Fsp3) is 0.500. The average molecular weight is 397 g/mol. The average Bonchev–Trinajstić information content (AvgIpc) is 2.74. The summed E-state index contributed by atoms with van der Waals surface area (Å²) < 4.78 is 30.9. The third-order valence-electron chi connectivity index (χ3n) is 4.32. The third kappa shape index (κ3) is 3.56. The van der Waals surface area contributed by atoms with Gasteiger partial charge < -0.3 is 14.6 Å². The molecule has 0 bridgehead atoms. The molecule has 0 aromatic heterocycles. The van der Waals surface area contributed by atoms with Crippen LogP contribution in [0.2, 0.25) is 0 Å². The van der Waals surface area contributed by atoms with E-state index in [2.05, 4.69) is 17.2 Å². The van der Waals surface area contributed by atoms with Gasteiger partial charge in [0, 0.05) is 4.75 Å². The molecule has 0 saturated carbocycles. The molecular formula is C18H22NO5S2-. The van der Waals surface area contributed by atoms with Crippen LogP contribution in [0.25, 0.3) is 0 Å². The van der Waals surface area contributed by atoms with Crippen LogP contribution >= 0.6 is 11.8 Å². The van der Waals surface area contributed by atoms with Crippen LogP contribution in [0.4, 0.5) is 0 Å². The van der Waals surface area contributed by atoms with E-state index in [1.165, 1.54) is 36.0 Å². The highest BCUT2D eigenvalue weighted by Gasteiger charge is 2.57. The summed E-state index contributed by atoms with van der Waals surface area (Å²) in [6.07, 6.45) is 0.671. The van der Waals surface area contributed by atoms with Crippen molar-refractivity contribution in [3.8, 4) is 17.6 Å². The van der Waals surface area contributed by atoms with Gasteiger partial charge in [0.05, 0.1) is 10.9 Å². The van der Waals surface area contributed by atoms with Gasteiger partial charge in [0.2, 0.25) is 9.84 Å². The van der Waals surface area contributed by atoms with E-state index >= 15 is 0 Å². The summed E-state index contributed by atoms with van der Waals surface area (Å²) in [6, 6.07) is 5.68. The Balaban J connectivity index is 2.47. The SMILES string of the molecule is CC#CCOc1ccc(S(=O)(=O)C2(C(=O)[O-])NCCCSC2(C)C)cc1. The first-order valence-electron chi connectivity index (χ1n) is 8.16. The minimum Gasteiger partial charge on any atom is -0.547 e. The molecule has 1 N–H and O–H groups in total. The van der Waals surface area contributed by atoms with Crippen molar-refractivity contribution in [3.63, 3.8) is 0 Å². The smallest absolute Gasteiger partial charge is 0.204 e. The number of hydrogen-bond acceptors (Lipinski definition) is 7. The summed E-state index contributed by atoms with van der Waals surface area (Å²) in [5.41, 5.74) is 0. The second-order valence-electron chi connectivity index (χ2n) is 6.30. The van der Waals surface area contributed by atoms with Crippen LogP contribution in [0.15, 0.2) is 29.2 Å². The van der Waals surface area contributed by atoms with E-state index in [-0.39, 0.29) is 18.0 Å². The first-order chi connectivity index (χ1) is 12.2. The molecule has 0 spiro atoms. The molecule has 6 nitrogen and oxygen atoms in total. The van der Waals surface area contributed by atoms with Crippen molar-refractivity contribution in [2.45, 2.75) is 41.7 Å². The second kappa shape index (κ2) is 7.91. The molecule has 1 aromatic rings. The van der Waals surface area contributed by atoms with Gasteiger partial charge in [0.1, 0.15) is 12.4 Å². The zero-order chi connectivity index (χ0) is 19.4. The number of rotatable bonds is 5. The van der Waals surface area contributed by atoms with Crippen LogP contribution < -0.4 is 15.2 Å². The van der Waals surface area contributed by atoms with Gasteiger partial charge in [-0.05, 0) is 63.8 Å². The van der Waals surface area contributed by atoms with Gasteiger partial charge in [-0.3, -0.25) is 5.32 Å². The zero-order valence-corrected chi connectivity index (χ0v) is 16.6. The molecule has 1 heterocycles. The molecule has 0 aliphatic carbocycles. The molecule has 2 rings (SSSR count). The van der Waals surface area contributed by atoms with Gasteiger partial charge in [0.25, 0.3) is 0 Å². The minimum absolute atomic E-state index is 0.0984. The van der Waals surface area contributed by atoms with E-state index in [4.69, 9.17) is 4.74 Å². The summed E-state index contributed by atoms with van der Waals surface area (Å²) in [5, 5.41) is 14.9. The summed E-state index contributed by atoms with van der Waals surface area (Å²) >= 11 is 1.31. The molecule has 1 aliphatic rings. The molecule has 1 aromatic carbocycles. The molecule has 142 valence electrons. The monoisotopic (exact) mass is 396 g/mol. The summed E-state index contributed by atoms with van der Waals surface area (Å²) in [4.78, 5) is 9.78. The summed E-state index contributed by atoms with van der Waals surface area (Å²) in [5.74, 6) is 4.91. The molecule has 0 radical (unpaired) electrons. The number of benzene rings is 1. The van der Waals surface area contributed by atoms with Crippen molar-refractivity contribution in [3.05, 3.63) is 24.3 Å². The van der Waals surface area contributed by atoms with Gasteiger partial charge in [-0.25, -0.2) is 8.42 Å². The number of nitrogens with one attached hydrogen (secondary N) is 1. The maximum absolute atomic E-state index is 13.3. The Labute approximate surface area is 158 Å². The Morgan fingerprint density at radius 3 is 2.58 bits per heavy atom. The molecule has 1 fully saturated rings. The number of thioether (sulfide) groups is 1. The summed E-state index contributed by atoms with van der Waals surface area (Å²) in [7, 11) is -4.27. The van der Waals surface area contributed by atoms with Crippen molar-refractivity contribution in [2.24, 2.45) is 0 Å². The second-order valence-corrected chi connectivity index (χ2v) is 10.1. The summed E-state index contributed by atoms with van der Waals surface area (Å²) in [6.45, 7) is 5.39. The number of aliphatic carboxylic acids is 1. The number of carboxylic acid groups (broad SMARTS) is 1. The van der Waals surface area contributed by atoms with Crippen molar-refractivity contribution in [1.29, 1.82) is 0 Å². The van der Waals surface area contributed by atoms with Gasteiger partial charge >= 0.3 is 0 Å². The van der Waals surface area contributed by atoms with E-state index in [1.807, 2.05) is 0 Å². The Kier molecular flexibility index (Phi) is 6.27. The highest BCUT2D eigenvalue weighted by molar-refractivity contribution is 8.02. The van der Waals surface area contributed by atoms with Gasteiger partial charge in [-0.1, -0.05) is 5.92 Å². The van der Waals surface area contributed by atoms with Gasteiger partial charge in [-0.15, -0.1) is 5.92 Å². The number of carbonyl (C=O) groups is 1. The topological polar surface area (TPSA) is 95.5 Å². The van der Waals surface area contributed by atoms with Crippen molar-refractivity contribution < 1.29 is 23.1 Å². The molecule has 1 saturated heterocycles. The lowest BCUT2D eigenvalue weighted by molar-refractivity contribution is -0.311. The maximum Gasteiger partial charge on any atom is 0.204 e. The molecule has 0 amide bonds. The van der Waals surface area contributed by atoms with Crippen LogP contribution in [0.1, 0.15) is 27.2 Å². The van der Waals surface area contributed by atoms with Crippen LogP contribution in [-0.2, 0) is 14.6 Å². The largest absolute Gasteiger partial charge is 0.547 e. The molecule has 1 atom stereocenters. The standard InChI is InChI=1S/C18H23NO5S2/c1-4-5-12-24-14-7-9-15(10-8-14)26(22,23)18(16(20)21)17(2,3)25-13-6-11-19-18/h7-10,19H,6,11-13H2,1-3H3,(H,20,21)/p-1. The number of carboxylic acids is 1. The first kappa shape index (κ1) is 20.6. The normalized spacial score (nSPS) is 22.6. The molecule has 1 unspecified atom stereocenters. The van der Waals surface area contributed by atoms with E-state index in [9.17, 15) is 18.3 Å². The highest BCUT2D eigenvalue weighted by Crippen LogP contribution is 2.43. The predicted octanol–water partition coefficient (Wildman–Crippen LogP) is 0.814. The predicted molar refractivity (Wildman–Crippen MR) is 99.5 cm³/mol. The van der Waals surface area contributed by atoms with E-state index < -0.39 is 25.4 Å². The Morgan fingerprint density at radius 2 is 2.00 bits per heavy atom. The van der Waals surface area contributed by atoms with Crippen LogP contribution in [0.5, 0.6) is 5.75 Å². The van der Waals surface area contributed by atoms with Gasteiger partial charge in [-0.2, -0.15) is 11.8 Å². The number of ether oxygens (including phenoxy) is 1. The van der Waals surface area contributed by atoms with Crippen molar-refractivity contribution >= 4 is 27.6 Å². The lowest BCUT2D eigenvalue weighted by Crippen LogP contribution is -2.71. The minimum atomic E-state index is -4.27. The fourth-order valence-corrected chi connectivity index (χ4v) is 6.58. The van der Waals surface area contributed by atoms with Crippen molar-refractivity contribution in [2.75, 3.05) is 18.9 Å². The van der Waals surface area contributed by atoms with Crippen LogP contribution in [-0.4, -0.2) is 42.9 Å². The fourth-order valence-electron chi connectivity index (χ4n) is 2.91. The van der Waals surface area contributed by atoms with E-state index in [1.54, 1.807) is 20.8 Å². The Bertz CT molecular complexity index is 821. The number of hydrogen-bond donors (Lipinski definition) is 1. The quantitative estimate of drug-likeness (QED) is 0.736. The maximum atomic E-state index is 13.3. The third-order valence-corrected chi connectivity index (χ3v) is 8.49. The number of sulfone groups is 1. The lowest BCUT2D eigenvalue weighted by Gasteiger charge is -2.45. The van der Waals surface area contributed by atoms with Gasteiger partial charge in [0.15, 0.2) is 4.87 Å². The molecule has 1 aliphatic heterocycles. The lowest BCUT2D eigenvalue weighted by atomic mass is 10.0. The molecule has 8 heteroatoms. The first-order valence-corrected chi connectivity index (χ1v) is 10.6. The molecule has 26 heavy (non-hydrogen) atoms. The molecular weight excluding hydrogens is 374 g/mol. The van der Waals surface area contributed by atoms with E-state index in [0.29, 0.717) is 17.9 Å². The highest BCUT2D eigenvalue weighted by atomic mass is 32.2. The zero-order valence-electron chi connectivity index (χ0n) is 15.0. The van der Waals surface area contributed by atoms with E-state index in [0.717, 1.165) is 0 Å². The Hall–Kier alpha value is -1.69. The van der Waals surface area contributed by atoms with Crippen molar-refractivity contribution in [1.82, 2.24) is 5.32 Å². The Morgan fingerprint density at radius 1 is 1.35 bits per heavy atom. The van der Waals surface area contributed by atoms with Crippen LogP contribution in [0, 0.1) is 11.8 Å². The van der Waals surface area contributed by atoms with Crippen LogP contribution in [0.3, 0.4) is 0 Å².